The van der Waals surface area contributed by atoms with E-state index in [4.69, 9.17) is 0 Å². The average Bonchev–Trinajstić information content (AvgIpc) is 2.93. The van der Waals surface area contributed by atoms with Crippen molar-refractivity contribution in [3.8, 4) is 0 Å². The third-order valence-electron chi connectivity index (χ3n) is 5.30. The van der Waals surface area contributed by atoms with Gasteiger partial charge >= 0.3 is 5.97 Å². The topological polar surface area (TPSA) is 60.9 Å². The molecule has 3 aliphatic rings. The molecule has 0 aromatic heterocycles. The van der Waals surface area contributed by atoms with E-state index in [0.717, 1.165) is 45.4 Å². The molecule has 2 heterocycles. The van der Waals surface area contributed by atoms with E-state index in [-0.39, 0.29) is 11.8 Å². The number of carboxylic acids is 1. The summed E-state index contributed by atoms with van der Waals surface area (Å²) in [6.07, 6.45) is 5.75. The summed E-state index contributed by atoms with van der Waals surface area (Å²) in [5.74, 6) is -1.43. The predicted octanol–water partition coefficient (Wildman–Crippen LogP) is 1.18. The molecule has 3 atom stereocenters. The predicted molar refractivity (Wildman–Crippen MR) is 74.3 cm³/mol. The largest absolute Gasteiger partial charge is 0.481 e. The Balaban J connectivity index is 1.66. The molecule has 3 fully saturated rings. The summed E-state index contributed by atoms with van der Waals surface area (Å²) in [4.78, 5) is 28.5. The molecule has 1 amide bonds. The molecule has 1 saturated carbocycles. The maximum absolute atomic E-state index is 12.7. The van der Waals surface area contributed by atoms with E-state index in [9.17, 15) is 14.7 Å². The van der Waals surface area contributed by atoms with Crippen LogP contribution in [0.15, 0.2) is 0 Å². The maximum atomic E-state index is 12.7. The Kier molecular flexibility index (Phi) is 3.96. The fourth-order valence-electron chi connectivity index (χ4n) is 4.15. The van der Waals surface area contributed by atoms with E-state index in [0.29, 0.717) is 12.5 Å². The molecule has 5 heteroatoms. The van der Waals surface area contributed by atoms with Gasteiger partial charge in [0.15, 0.2) is 0 Å². The van der Waals surface area contributed by atoms with Gasteiger partial charge in [0, 0.05) is 25.7 Å². The van der Waals surface area contributed by atoms with Crippen LogP contribution in [0.3, 0.4) is 0 Å². The quantitative estimate of drug-likeness (QED) is 0.825. The van der Waals surface area contributed by atoms with Gasteiger partial charge in [-0.2, -0.15) is 0 Å². The minimum Gasteiger partial charge on any atom is -0.481 e. The summed E-state index contributed by atoms with van der Waals surface area (Å²) in [6.45, 7) is 3.70. The Bertz CT molecular complexity index is 399. The number of carbonyl (C=O) groups excluding carboxylic acids is 1. The number of rotatable bonds is 2. The van der Waals surface area contributed by atoms with Crippen molar-refractivity contribution in [2.24, 2.45) is 11.8 Å². The first-order chi connectivity index (χ1) is 9.66. The van der Waals surface area contributed by atoms with Gasteiger partial charge in [0.05, 0.1) is 11.8 Å². The van der Waals surface area contributed by atoms with Crippen molar-refractivity contribution in [3.63, 3.8) is 0 Å². The zero-order chi connectivity index (χ0) is 14.1. The summed E-state index contributed by atoms with van der Waals surface area (Å²) in [6, 6.07) is 0.513. The number of carbonyl (C=O) groups is 2. The number of nitrogens with zero attached hydrogens (tertiary/aromatic N) is 2. The van der Waals surface area contributed by atoms with Gasteiger partial charge < -0.3 is 10.0 Å². The van der Waals surface area contributed by atoms with Crippen LogP contribution in [0, 0.1) is 11.8 Å². The molecular formula is C15H24N2O3. The highest BCUT2D eigenvalue weighted by Crippen LogP contribution is 2.33. The number of hydrogen-bond acceptors (Lipinski definition) is 3. The molecular weight excluding hydrogens is 256 g/mol. The lowest BCUT2D eigenvalue weighted by Crippen LogP contribution is -2.54. The van der Waals surface area contributed by atoms with E-state index >= 15 is 0 Å². The molecule has 2 saturated heterocycles. The minimum atomic E-state index is -0.789. The van der Waals surface area contributed by atoms with Crippen LogP contribution in [0.2, 0.25) is 0 Å². The second-order valence-corrected chi connectivity index (χ2v) is 6.45. The summed E-state index contributed by atoms with van der Waals surface area (Å²) in [5, 5.41) is 9.33. The van der Waals surface area contributed by atoms with Crippen molar-refractivity contribution in [2.75, 3.05) is 26.2 Å². The number of hydrogen-bond donors (Lipinski definition) is 1. The molecule has 0 radical (unpaired) electrons. The fourth-order valence-corrected chi connectivity index (χ4v) is 4.15. The van der Waals surface area contributed by atoms with Gasteiger partial charge in [-0.3, -0.25) is 14.5 Å². The summed E-state index contributed by atoms with van der Waals surface area (Å²) in [5.41, 5.74) is 0. The lowest BCUT2D eigenvalue weighted by atomic mass is 9.78. The number of fused-ring (bicyclic) bond motifs is 1. The Hall–Kier alpha value is -1.10. The van der Waals surface area contributed by atoms with Crippen molar-refractivity contribution in [1.29, 1.82) is 0 Å². The Morgan fingerprint density at radius 3 is 2.40 bits per heavy atom. The van der Waals surface area contributed by atoms with Gasteiger partial charge in [0.25, 0.3) is 0 Å². The Labute approximate surface area is 119 Å². The van der Waals surface area contributed by atoms with Crippen LogP contribution in [-0.4, -0.2) is 59.0 Å². The van der Waals surface area contributed by atoms with Crippen molar-refractivity contribution in [2.45, 2.75) is 44.6 Å². The lowest BCUT2D eigenvalue weighted by Gasteiger charge is -2.40. The third kappa shape index (κ3) is 2.55. The van der Waals surface area contributed by atoms with Crippen molar-refractivity contribution < 1.29 is 14.7 Å². The lowest BCUT2D eigenvalue weighted by molar-refractivity contribution is -0.153. The molecule has 5 nitrogen and oxygen atoms in total. The number of piperazine rings is 1. The molecule has 1 N–H and O–H groups in total. The smallest absolute Gasteiger partial charge is 0.307 e. The van der Waals surface area contributed by atoms with E-state index < -0.39 is 11.9 Å². The van der Waals surface area contributed by atoms with Crippen LogP contribution >= 0.6 is 0 Å². The van der Waals surface area contributed by atoms with Gasteiger partial charge in [-0.25, -0.2) is 0 Å². The standard InChI is InChI=1S/C15H24N2O3/c18-14(12-5-1-2-6-13(12)15(19)20)17-9-8-16-7-3-4-11(16)10-17/h11-13H,1-10H2,(H,19,20). The maximum Gasteiger partial charge on any atom is 0.307 e. The summed E-state index contributed by atoms with van der Waals surface area (Å²) in [7, 11) is 0. The van der Waals surface area contributed by atoms with Crippen LogP contribution in [0.25, 0.3) is 0 Å². The second-order valence-electron chi connectivity index (χ2n) is 6.45. The Morgan fingerprint density at radius 2 is 1.65 bits per heavy atom. The minimum absolute atomic E-state index is 0.101. The molecule has 0 aromatic carbocycles. The zero-order valence-electron chi connectivity index (χ0n) is 12.0. The molecule has 20 heavy (non-hydrogen) atoms. The second kappa shape index (κ2) is 5.72. The number of aliphatic carboxylic acids is 1. The van der Waals surface area contributed by atoms with Gasteiger partial charge in [-0.1, -0.05) is 12.8 Å². The molecule has 112 valence electrons. The van der Waals surface area contributed by atoms with E-state index in [1.807, 2.05) is 4.90 Å². The highest BCUT2D eigenvalue weighted by Gasteiger charge is 2.40. The zero-order valence-corrected chi connectivity index (χ0v) is 12.0. The van der Waals surface area contributed by atoms with Gasteiger partial charge in [-0.15, -0.1) is 0 Å². The highest BCUT2D eigenvalue weighted by molar-refractivity contribution is 5.85. The van der Waals surface area contributed by atoms with Gasteiger partial charge in [-0.05, 0) is 32.2 Å². The normalized spacial score (nSPS) is 34.8. The van der Waals surface area contributed by atoms with Crippen LogP contribution in [0.5, 0.6) is 0 Å². The molecule has 3 unspecified atom stereocenters. The summed E-state index contributed by atoms with van der Waals surface area (Å²) >= 11 is 0. The first-order valence-corrected chi connectivity index (χ1v) is 7.92. The SMILES string of the molecule is O=C(O)C1CCCCC1C(=O)N1CCN2CCCC2C1. The van der Waals surface area contributed by atoms with Crippen LogP contribution in [0.4, 0.5) is 0 Å². The van der Waals surface area contributed by atoms with Gasteiger partial charge in [0.2, 0.25) is 5.91 Å². The van der Waals surface area contributed by atoms with E-state index in [1.54, 1.807) is 0 Å². The van der Waals surface area contributed by atoms with Crippen molar-refractivity contribution in [1.82, 2.24) is 9.80 Å². The first-order valence-electron chi connectivity index (χ1n) is 7.92. The molecule has 3 rings (SSSR count). The van der Waals surface area contributed by atoms with Crippen LogP contribution in [-0.2, 0) is 9.59 Å². The van der Waals surface area contributed by atoms with Crippen LogP contribution in [0.1, 0.15) is 38.5 Å². The van der Waals surface area contributed by atoms with Crippen molar-refractivity contribution in [3.05, 3.63) is 0 Å². The Morgan fingerprint density at radius 1 is 0.900 bits per heavy atom. The molecule has 0 bridgehead atoms. The molecule has 0 spiro atoms. The third-order valence-corrected chi connectivity index (χ3v) is 5.30. The molecule has 1 aliphatic carbocycles. The van der Waals surface area contributed by atoms with Gasteiger partial charge in [0.1, 0.15) is 0 Å². The van der Waals surface area contributed by atoms with E-state index in [1.165, 1.54) is 12.8 Å². The summed E-state index contributed by atoms with van der Waals surface area (Å²) < 4.78 is 0. The highest BCUT2D eigenvalue weighted by atomic mass is 16.4. The monoisotopic (exact) mass is 280 g/mol. The number of carboxylic acid groups (broad SMARTS) is 1. The molecule has 0 aromatic rings. The van der Waals surface area contributed by atoms with E-state index in [2.05, 4.69) is 4.90 Å². The number of amides is 1. The molecule has 2 aliphatic heterocycles. The van der Waals surface area contributed by atoms with Crippen LogP contribution < -0.4 is 0 Å². The van der Waals surface area contributed by atoms with Crippen molar-refractivity contribution >= 4 is 11.9 Å². The average molecular weight is 280 g/mol. The first kappa shape index (κ1) is 13.9. The fraction of sp³-hybridized carbons (Fsp3) is 0.867.